The van der Waals surface area contributed by atoms with Crippen LogP contribution in [-0.2, 0) is 11.3 Å². The number of rotatable bonds is 9. The molecule has 182 valence electrons. The van der Waals surface area contributed by atoms with Crippen molar-refractivity contribution in [2.45, 2.75) is 39.4 Å². The Morgan fingerprint density at radius 2 is 1.97 bits per heavy atom. The molecule has 0 saturated heterocycles. The second-order valence-corrected chi connectivity index (χ2v) is 9.69. The number of nitrogens with one attached hydrogen (secondary N) is 1. The minimum absolute atomic E-state index is 0.0342. The van der Waals surface area contributed by atoms with Crippen LogP contribution >= 0.6 is 11.8 Å². The molecule has 11 heteroatoms. The first kappa shape index (κ1) is 25.3. The maximum Gasteiger partial charge on any atom is 0.330 e. The molecule has 1 aromatic carbocycles. The van der Waals surface area contributed by atoms with Crippen molar-refractivity contribution in [2.24, 2.45) is 11.8 Å². The van der Waals surface area contributed by atoms with Gasteiger partial charge in [0.15, 0.2) is 10.8 Å². The van der Waals surface area contributed by atoms with E-state index in [1.54, 1.807) is 29.1 Å². The van der Waals surface area contributed by atoms with Crippen molar-refractivity contribution < 1.29 is 9.18 Å². The fourth-order valence-electron chi connectivity index (χ4n) is 3.49. The molecule has 2 heterocycles. The molecule has 3 N–H and O–H groups in total. The molecule has 0 saturated carbocycles. The Kier molecular flexibility index (Phi) is 7.98. The number of aromatic amines is 1. The zero-order valence-corrected chi connectivity index (χ0v) is 20.4. The molecular formula is C23H29FN6O3S. The van der Waals surface area contributed by atoms with Gasteiger partial charge in [-0.1, -0.05) is 45.5 Å². The lowest BCUT2D eigenvalue weighted by molar-refractivity contribution is -0.116. The highest BCUT2D eigenvalue weighted by Crippen LogP contribution is 2.24. The number of aromatic nitrogens is 4. The summed E-state index contributed by atoms with van der Waals surface area (Å²) in [4.78, 5) is 46.3. The van der Waals surface area contributed by atoms with Crippen LogP contribution in [0.3, 0.4) is 0 Å². The summed E-state index contributed by atoms with van der Waals surface area (Å²) < 4.78 is 16.6. The van der Waals surface area contributed by atoms with Gasteiger partial charge in [-0.05, 0) is 30.0 Å². The SMILES string of the molecule is CC(C)CN(C(=O)CSc1nccn1-c1cccc(F)c1)c1c(N)n(CC(C)C)c(=O)[nH]c1=O. The van der Waals surface area contributed by atoms with Gasteiger partial charge < -0.3 is 10.6 Å². The van der Waals surface area contributed by atoms with Gasteiger partial charge in [-0.15, -0.1) is 0 Å². The van der Waals surface area contributed by atoms with Gasteiger partial charge in [0.05, 0.1) is 11.4 Å². The second-order valence-electron chi connectivity index (χ2n) is 8.74. The summed E-state index contributed by atoms with van der Waals surface area (Å²) >= 11 is 1.16. The third-order valence-electron chi connectivity index (χ3n) is 4.90. The number of nitrogens with two attached hydrogens (primary N) is 1. The van der Waals surface area contributed by atoms with Crippen molar-refractivity contribution in [3.8, 4) is 5.69 Å². The molecule has 0 spiro atoms. The van der Waals surface area contributed by atoms with Crippen molar-refractivity contribution in [3.63, 3.8) is 0 Å². The molecule has 0 bridgehead atoms. The number of hydrogen-bond acceptors (Lipinski definition) is 6. The average Bonchev–Trinajstić information content (AvgIpc) is 3.22. The average molecular weight is 489 g/mol. The predicted octanol–water partition coefficient (Wildman–Crippen LogP) is 2.88. The Bertz CT molecular complexity index is 1280. The molecule has 0 unspecified atom stereocenters. The fraction of sp³-hybridized carbons (Fsp3) is 0.391. The van der Waals surface area contributed by atoms with Gasteiger partial charge in [-0.3, -0.25) is 23.7 Å². The van der Waals surface area contributed by atoms with E-state index >= 15 is 0 Å². The van der Waals surface area contributed by atoms with E-state index in [1.165, 1.54) is 21.6 Å². The van der Waals surface area contributed by atoms with Gasteiger partial charge in [0.1, 0.15) is 11.6 Å². The summed E-state index contributed by atoms with van der Waals surface area (Å²) in [7, 11) is 0. The first-order valence-corrected chi connectivity index (χ1v) is 11.9. The van der Waals surface area contributed by atoms with Crippen molar-refractivity contribution in [3.05, 3.63) is 63.3 Å². The topological polar surface area (TPSA) is 119 Å². The minimum atomic E-state index is -0.706. The number of amides is 1. The van der Waals surface area contributed by atoms with Gasteiger partial charge in [-0.2, -0.15) is 0 Å². The van der Waals surface area contributed by atoms with Gasteiger partial charge in [0.25, 0.3) is 5.56 Å². The Hall–Kier alpha value is -3.34. The molecule has 0 radical (unpaired) electrons. The lowest BCUT2D eigenvalue weighted by Crippen LogP contribution is -2.43. The summed E-state index contributed by atoms with van der Waals surface area (Å²) in [5, 5.41) is 0.495. The zero-order chi connectivity index (χ0) is 25.0. The Balaban J connectivity index is 1.91. The number of carbonyl (C=O) groups is 1. The number of anilines is 2. The van der Waals surface area contributed by atoms with E-state index < -0.39 is 11.2 Å². The molecule has 3 aromatic rings. The molecule has 9 nitrogen and oxygen atoms in total. The predicted molar refractivity (Wildman–Crippen MR) is 132 cm³/mol. The van der Waals surface area contributed by atoms with E-state index in [9.17, 15) is 18.8 Å². The normalized spacial score (nSPS) is 11.4. The fourth-order valence-corrected chi connectivity index (χ4v) is 4.34. The number of nitrogens with zero attached hydrogens (tertiary/aromatic N) is 4. The number of nitrogen functional groups attached to an aromatic ring is 1. The molecule has 0 aliphatic rings. The maximum atomic E-state index is 13.7. The third kappa shape index (κ3) is 5.77. The van der Waals surface area contributed by atoms with Crippen LogP contribution < -0.4 is 21.9 Å². The minimum Gasteiger partial charge on any atom is -0.383 e. The highest BCUT2D eigenvalue weighted by molar-refractivity contribution is 7.99. The summed E-state index contributed by atoms with van der Waals surface area (Å²) in [6, 6.07) is 6.05. The van der Waals surface area contributed by atoms with Gasteiger partial charge in [0, 0.05) is 25.5 Å². The monoisotopic (exact) mass is 488 g/mol. The Morgan fingerprint density at radius 3 is 2.62 bits per heavy atom. The first-order chi connectivity index (χ1) is 16.1. The number of carbonyl (C=O) groups excluding carboxylic acids is 1. The summed E-state index contributed by atoms with van der Waals surface area (Å²) in [5.41, 5.74) is 5.47. The van der Waals surface area contributed by atoms with Crippen molar-refractivity contribution in [1.82, 2.24) is 19.1 Å². The van der Waals surface area contributed by atoms with Crippen LogP contribution in [0.15, 0.2) is 51.4 Å². The van der Waals surface area contributed by atoms with Crippen molar-refractivity contribution in [2.75, 3.05) is 22.9 Å². The van der Waals surface area contributed by atoms with Gasteiger partial charge in [0.2, 0.25) is 5.91 Å². The number of benzene rings is 1. The van der Waals surface area contributed by atoms with Crippen LogP contribution in [0.1, 0.15) is 27.7 Å². The van der Waals surface area contributed by atoms with E-state index in [2.05, 4.69) is 9.97 Å². The maximum absolute atomic E-state index is 13.7. The highest BCUT2D eigenvalue weighted by atomic mass is 32.2. The lowest BCUT2D eigenvalue weighted by Gasteiger charge is -2.26. The van der Waals surface area contributed by atoms with Crippen LogP contribution in [-0.4, -0.2) is 37.3 Å². The van der Waals surface area contributed by atoms with Crippen LogP contribution in [0.2, 0.25) is 0 Å². The van der Waals surface area contributed by atoms with Gasteiger partial charge in [-0.25, -0.2) is 14.2 Å². The molecular weight excluding hydrogens is 459 g/mol. The van der Waals surface area contributed by atoms with Crippen LogP contribution in [0, 0.1) is 17.7 Å². The van der Waals surface area contributed by atoms with Crippen LogP contribution in [0.5, 0.6) is 0 Å². The molecule has 0 atom stereocenters. The van der Waals surface area contributed by atoms with Gasteiger partial charge >= 0.3 is 5.69 Å². The summed E-state index contributed by atoms with van der Waals surface area (Å²) in [6.07, 6.45) is 3.24. The second kappa shape index (κ2) is 10.7. The van der Waals surface area contributed by atoms with Crippen LogP contribution in [0.25, 0.3) is 5.69 Å². The van der Waals surface area contributed by atoms with Crippen molar-refractivity contribution >= 4 is 29.2 Å². The first-order valence-electron chi connectivity index (χ1n) is 10.9. The quantitative estimate of drug-likeness (QED) is 0.447. The van der Waals surface area contributed by atoms with E-state index in [1.807, 2.05) is 27.7 Å². The molecule has 34 heavy (non-hydrogen) atoms. The third-order valence-corrected chi connectivity index (χ3v) is 5.85. The van der Waals surface area contributed by atoms with Crippen LogP contribution in [0.4, 0.5) is 15.9 Å². The number of imidazole rings is 1. The standard InChI is InChI=1S/C23H29FN6O3S/c1-14(2)11-29(19-20(25)30(12-15(3)4)22(33)27-21(19)32)18(31)13-34-23-26-8-9-28(23)17-7-5-6-16(24)10-17/h5-10,14-15H,11-13,25H2,1-4H3,(H,27,32,33). The number of H-pyrrole nitrogens is 1. The smallest absolute Gasteiger partial charge is 0.330 e. The lowest BCUT2D eigenvalue weighted by atomic mass is 10.2. The zero-order valence-electron chi connectivity index (χ0n) is 19.6. The molecule has 2 aromatic heterocycles. The Morgan fingerprint density at radius 1 is 1.24 bits per heavy atom. The summed E-state index contributed by atoms with van der Waals surface area (Å²) in [6.45, 7) is 8.22. The largest absolute Gasteiger partial charge is 0.383 e. The number of hydrogen-bond donors (Lipinski definition) is 2. The van der Waals surface area contributed by atoms with E-state index in [4.69, 9.17) is 5.73 Å². The highest BCUT2D eigenvalue weighted by Gasteiger charge is 2.25. The van der Waals surface area contributed by atoms with E-state index in [0.717, 1.165) is 11.8 Å². The molecule has 1 amide bonds. The molecule has 0 aliphatic carbocycles. The van der Waals surface area contributed by atoms with Crippen molar-refractivity contribution in [1.29, 1.82) is 0 Å². The molecule has 0 fully saturated rings. The molecule has 0 aliphatic heterocycles. The Labute approximate surface area is 200 Å². The summed E-state index contributed by atoms with van der Waals surface area (Å²) in [5.74, 6) is -0.686. The number of halogens is 1. The van der Waals surface area contributed by atoms with E-state index in [-0.39, 0.29) is 47.4 Å². The van der Waals surface area contributed by atoms with E-state index in [0.29, 0.717) is 17.4 Å². The number of thioether (sulfide) groups is 1. The molecule has 3 rings (SSSR count).